The summed E-state index contributed by atoms with van der Waals surface area (Å²) in [5.41, 5.74) is 4.25. The van der Waals surface area contributed by atoms with Gasteiger partial charge < -0.3 is 0 Å². The summed E-state index contributed by atoms with van der Waals surface area (Å²) in [7, 11) is 0. The van der Waals surface area contributed by atoms with Gasteiger partial charge in [0.25, 0.3) is 0 Å². The predicted octanol–water partition coefficient (Wildman–Crippen LogP) is 9.49. The average Bonchev–Trinajstić information content (AvgIpc) is 3.59. The molecule has 0 N–H and O–H groups in total. The molecule has 0 saturated heterocycles. The molecule has 2 aromatic heterocycles. The number of unbranched alkanes of at least 4 members (excludes halogenated alkanes) is 3. The Bertz CT molecular complexity index is 1440. The normalized spacial score (nSPS) is 18.1. The zero-order valence-corrected chi connectivity index (χ0v) is 30.8. The maximum atomic E-state index is 17.2. The third-order valence-electron chi connectivity index (χ3n) is 9.74. The molecule has 1 atom stereocenters. The molecular weight excluding hydrogens is 668 g/mol. The van der Waals surface area contributed by atoms with Gasteiger partial charge in [0.2, 0.25) is 0 Å². The number of nitrogens with zero attached hydrogens (tertiary/aromatic N) is 5. The summed E-state index contributed by atoms with van der Waals surface area (Å²) in [6.07, 6.45) is 18.3. The number of rotatable bonds is 16. The molecule has 1 aromatic carbocycles. The number of pyridine rings is 1. The fourth-order valence-electron chi connectivity index (χ4n) is 6.91. The molecule has 0 bridgehead atoms. The van der Waals surface area contributed by atoms with Gasteiger partial charge in [0.15, 0.2) is 0 Å². The van der Waals surface area contributed by atoms with Crippen LogP contribution in [-0.2, 0) is 31.5 Å². The van der Waals surface area contributed by atoms with E-state index in [2.05, 4.69) is 56.2 Å². The Morgan fingerprint density at radius 2 is 1.62 bits per heavy atom. The van der Waals surface area contributed by atoms with Crippen LogP contribution in [0.1, 0.15) is 119 Å². The third-order valence-corrected chi connectivity index (χ3v) is 23.7. The van der Waals surface area contributed by atoms with Crippen LogP contribution in [-0.4, -0.2) is 42.1 Å². The van der Waals surface area contributed by atoms with Crippen LogP contribution in [0, 0.1) is 0 Å². The monoisotopic (exact) mass is 721 g/mol. The van der Waals surface area contributed by atoms with E-state index in [1.54, 1.807) is 0 Å². The first-order valence-corrected chi connectivity index (χ1v) is 24.9. The van der Waals surface area contributed by atoms with Gasteiger partial charge in [-0.05, 0) is 32.1 Å². The molecule has 2 aliphatic rings. The van der Waals surface area contributed by atoms with Crippen LogP contribution >= 0.6 is 0 Å². The van der Waals surface area contributed by atoms with E-state index in [0.29, 0.717) is 12.2 Å². The van der Waals surface area contributed by atoms with Gasteiger partial charge >= 0.3 is 208 Å². The van der Waals surface area contributed by atoms with E-state index < -0.39 is 24.3 Å². The molecule has 1 unspecified atom stereocenters. The van der Waals surface area contributed by atoms with Crippen LogP contribution in [0.3, 0.4) is 0 Å². The first-order chi connectivity index (χ1) is 22.0. The summed E-state index contributed by atoms with van der Waals surface area (Å²) in [5, 5.41) is 14.1. The molecule has 5 rings (SSSR count). The Hall–Kier alpha value is -2.55. The predicted molar refractivity (Wildman–Crippen MR) is 184 cm³/mol. The summed E-state index contributed by atoms with van der Waals surface area (Å²) < 4.78 is 29.2. The summed E-state index contributed by atoms with van der Waals surface area (Å²) >= 11 is -3.01. The minimum atomic E-state index is -3.01. The molecule has 3 aromatic rings. The number of alkyl halides is 1. The van der Waals surface area contributed by atoms with Gasteiger partial charge in [0, 0.05) is 23.0 Å². The summed E-state index contributed by atoms with van der Waals surface area (Å²) in [4.78, 5) is 4.86. The summed E-state index contributed by atoms with van der Waals surface area (Å²) in [6.45, 7) is 9.37. The fraction of sp³-hybridized carbons (Fsp3) is 0.568. The van der Waals surface area contributed by atoms with Crippen LogP contribution in [0.25, 0.3) is 5.57 Å². The minimum absolute atomic E-state index is 0.212. The van der Waals surface area contributed by atoms with E-state index in [4.69, 9.17) is 14.8 Å². The molecule has 0 radical (unpaired) electrons. The van der Waals surface area contributed by atoms with Crippen molar-refractivity contribution < 1.29 is 9.13 Å². The Kier molecular flexibility index (Phi) is 11.9. The fourth-order valence-corrected chi connectivity index (χ4v) is 21.0. The number of fused-ring (bicyclic) bond motifs is 1. The molecule has 0 amide bonds. The second-order valence-electron chi connectivity index (χ2n) is 13.0. The van der Waals surface area contributed by atoms with E-state index in [0.717, 1.165) is 61.1 Å². The molecule has 6 nitrogen and oxygen atoms in total. The first kappa shape index (κ1) is 33.8. The van der Waals surface area contributed by atoms with Crippen molar-refractivity contribution >= 4 is 24.2 Å². The van der Waals surface area contributed by atoms with Crippen molar-refractivity contribution in [3.8, 4) is 5.75 Å². The van der Waals surface area contributed by atoms with Crippen molar-refractivity contribution in [3.63, 3.8) is 0 Å². The third kappa shape index (κ3) is 7.71. The number of halogens is 1. The van der Waals surface area contributed by atoms with Crippen molar-refractivity contribution in [2.75, 3.05) is 0 Å². The molecule has 0 fully saturated rings. The Morgan fingerprint density at radius 1 is 0.933 bits per heavy atom. The Labute approximate surface area is 274 Å². The number of hydrogen-bond donors (Lipinski definition) is 0. The number of ether oxygens (including phenoxy) is 1. The number of tetrazole rings is 1. The molecule has 45 heavy (non-hydrogen) atoms. The topological polar surface area (TPSA) is 65.7 Å². The van der Waals surface area contributed by atoms with Crippen LogP contribution in [0.2, 0.25) is 13.3 Å². The van der Waals surface area contributed by atoms with Gasteiger partial charge in [-0.2, -0.15) is 0 Å². The van der Waals surface area contributed by atoms with E-state index in [1.807, 2.05) is 33.4 Å². The van der Waals surface area contributed by atoms with E-state index in [1.165, 1.54) is 56.7 Å². The van der Waals surface area contributed by atoms with Gasteiger partial charge in [-0.3, -0.25) is 4.98 Å². The van der Waals surface area contributed by atoms with Crippen molar-refractivity contribution in [2.24, 2.45) is 0 Å². The molecular formula is C37H52FN5OSn. The van der Waals surface area contributed by atoms with Gasteiger partial charge in [-0.1, -0.05) is 6.92 Å². The van der Waals surface area contributed by atoms with E-state index >= 15 is 4.39 Å². The summed E-state index contributed by atoms with van der Waals surface area (Å²) in [5.74, 6) is 1.18. The number of allylic oxidation sites excluding steroid dienone is 4. The molecule has 0 saturated carbocycles. The second kappa shape index (κ2) is 15.8. The number of aryl methyl sites for hydroxylation is 2. The van der Waals surface area contributed by atoms with Gasteiger partial charge in [-0.25, -0.2) is 0 Å². The van der Waals surface area contributed by atoms with Crippen LogP contribution < -0.4 is 4.74 Å². The van der Waals surface area contributed by atoms with Crippen molar-refractivity contribution in [3.05, 3.63) is 82.5 Å². The second-order valence-corrected chi connectivity index (χ2v) is 25.4. The van der Waals surface area contributed by atoms with Gasteiger partial charge in [0.1, 0.15) is 0 Å². The maximum absolute atomic E-state index is 17.2. The molecule has 0 spiro atoms. The number of benzene rings is 1. The first-order valence-electron chi connectivity index (χ1n) is 17.6. The average molecular weight is 721 g/mol. The summed E-state index contributed by atoms with van der Waals surface area (Å²) in [6, 6.07) is 10.2. The van der Waals surface area contributed by atoms with Crippen molar-refractivity contribution in [1.82, 2.24) is 23.4 Å². The zero-order valence-electron chi connectivity index (χ0n) is 28.0. The van der Waals surface area contributed by atoms with Crippen LogP contribution in [0.5, 0.6) is 5.75 Å². The standard InChI is InChI=1S/C25H25FN5O.3C4H9.Sn/c1-2-19-15-23(20-7-3-4-9-22(20)27-19)32-16-17-10-12-18(13-11-17)21-8-5-6-14-25(21,26)24-28-30-31-29-24;3*1-3-4-2;/h5-6,8,10-13,15H,2-4,7,9,14,16H2,1H3;3*1,3-4H2,2H3;/q-1;;;;+1. The van der Waals surface area contributed by atoms with E-state index in [9.17, 15) is 0 Å². The zero-order chi connectivity index (χ0) is 31.7. The van der Waals surface area contributed by atoms with Crippen LogP contribution in [0.4, 0.5) is 4.39 Å². The SMILES string of the molecule is CCC[CH2][Sn]([CH2]CCC)([CH2]CCC)[n]1nnc(C2(F)CC=CC=C2c2ccc(COc3cc(CC)nc4c3CCCC4)cc2)n1. The van der Waals surface area contributed by atoms with Crippen LogP contribution in [0.15, 0.2) is 48.6 Å². The molecule has 8 heteroatoms. The van der Waals surface area contributed by atoms with Crippen molar-refractivity contribution in [2.45, 2.75) is 130 Å². The Morgan fingerprint density at radius 3 is 2.29 bits per heavy atom. The molecule has 0 aliphatic heterocycles. The molecule has 2 aliphatic carbocycles. The Balaban J connectivity index is 1.36. The molecule has 2 heterocycles. The molecule has 242 valence electrons. The van der Waals surface area contributed by atoms with Gasteiger partial charge in [-0.15, -0.1) is 0 Å². The number of hydrogen-bond acceptors (Lipinski definition) is 5. The number of aromatic nitrogens is 5. The van der Waals surface area contributed by atoms with E-state index in [-0.39, 0.29) is 12.2 Å². The quantitative estimate of drug-likeness (QED) is 0.138. The van der Waals surface area contributed by atoms with Gasteiger partial charge in [0.05, 0.1) is 0 Å². The van der Waals surface area contributed by atoms with Crippen molar-refractivity contribution in [1.29, 1.82) is 0 Å².